The molecule has 2 bridgehead atoms. The van der Waals surface area contributed by atoms with Crippen LogP contribution in [0.25, 0.3) is 0 Å². The largest absolute Gasteiger partial charge is 0.385 e. The molecule has 2 heterocycles. The summed E-state index contributed by atoms with van der Waals surface area (Å²) in [6, 6.07) is 9.87. The van der Waals surface area contributed by atoms with E-state index in [1.165, 1.54) is 18.4 Å². The monoisotopic (exact) mass is 345 g/mol. The van der Waals surface area contributed by atoms with E-state index in [4.69, 9.17) is 4.74 Å². The molecule has 0 aliphatic carbocycles. The summed E-state index contributed by atoms with van der Waals surface area (Å²) in [7, 11) is 1.59. The van der Waals surface area contributed by atoms with Crippen molar-refractivity contribution in [3.05, 3.63) is 29.8 Å². The minimum atomic E-state index is 0.0729. The third kappa shape index (κ3) is 4.15. The highest BCUT2D eigenvalue weighted by atomic mass is 16.5. The van der Waals surface area contributed by atoms with Gasteiger partial charge in [-0.1, -0.05) is 18.2 Å². The lowest BCUT2D eigenvalue weighted by Gasteiger charge is -2.36. The van der Waals surface area contributed by atoms with Crippen molar-refractivity contribution in [3.8, 4) is 0 Å². The summed E-state index contributed by atoms with van der Waals surface area (Å²) in [5.41, 5.74) is 2.33. The van der Waals surface area contributed by atoms with E-state index in [1.54, 1.807) is 7.11 Å². The van der Waals surface area contributed by atoms with Crippen LogP contribution < -0.4 is 5.32 Å². The van der Waals surface area contributed by atoms with Gasteiger partial charge in [0.2, 0.25) is 5.91 Å². The van der Waals surface area contributed by atoms with Crippen molar-refractivity contribution < 1.29 is 9.53 Å². The number of carbonyl (C=O) groups is 1. The first kappa shape index (κ1) is 18.2. The van der Waals surface area contributed by atoms with Crippen molar-refractivity contribution in [2.75, 3.05) is 32.1 Å². The molecule has 0 radical (unpaired) electrons. The smallest absolute Gasteiger partial charge is 0.248 e. The molecule has 1 amide bonds. The van der Waals surface area contributed by atoms with E-state index in [9.17, 15) is 4.79 Å². The number of hydrogen-bond donors (Lipinski definition) is 1. The lowest BCUT2D eigenvalue weighted by molar-refractivity contribution is -0.136. The average molecular weight is 345 g/mol. The number of amides is 1. The number of carbonyl (C=O) groups excluding carboxylic acids is 1. The number of nitrogens with zero attached hydrogens (tertiary/aromatic N) is 2. The molecule has 5 nitrogen and oxygen atoms in total. The van der Waals surface area contributed by atoms with Crippen LogP contribution in [-0.4, -0.2) is 60.6 Å². The van der Waals surface area contributed by atoms with Crippen molar-refractivity contribution in [2.45, 2.75) is 57.8 Å². The van der Waals surface area contributed by atoms with E-state index in [1.807, 2.05) is 11.0 Å². The third-order valence-corrected chi connectivity index (χ3v) is 5.50. The molecule has 1 aromatic rings. The lowest BCUT2D eigenvalue weighted by Crippen LogP contribution is -2.48. The molecule has 2 aliphatic heterocycles. The standard InChI is InChI=1S/C20H31N3O2/c1-15(2)23-17-8-9-18(23)13-22(20(24)14-25-3)12-16-6-4-5-7-19(16)21-11-10-17/h4-7,15,17-18,21H,8-14H2,1-3H3/t17-,18+/m1/s1. The molecule has 0 unspecified atom stereocenters. The van der Waals surface area contributed by atoms with Crippen LogP contribution in [0.2, 0.25) is 0 Å². The molecule has 25 heavy (non-hydrogen) atoms. The highest BCUT2D eigenvalue weighted by Crippen LogP contribution is 2.31. The van der Waals surface area contributed by atoms with Gasteiger partial charge in [-0.25, -0.2) is 0 Å². The molecule has 0 saturated carbocycles. The predicted molar refractivity (Wildman–Crippen MR) is 101 cm³/mol. The van der Waals surface area contributed by atoms with Gasteiger partial charge in [0.15, 0.2) is 0 Å². The summed E-state index contributed by atoms with van der Waals surface area (Å²) in [6.45, 7) is 7.09. The number of ether oxygens (including phenoxy) is 1. The average Bonchev–Trinajstić information content (AvgIpc) is 2.96. The minimum Gasteiger partial charge on any atom is -0.385 e. The molecule has 1 saturated heterocycles. The van der Waals surface area contributed by atoms with E-state index >= 15 is 0 Å². The van der Waals surface area contributed by atoms with Crippen LogP contribution >= 0.6 is 0 Å². The third-order valence-electron chi connectivity index (χ3n) is 5.50. The zero-order valence-corrected chi connectivity index (χ0v) is 15.7. The molecule has 2 atom stereocenters. The quantitative estimate of drug-likeness (QED) is 0.915. The van der Waals surface area contributed by atoms with Crippen LogP contribution in [0.1, 0.15) is 38.7 Å². The zero-order chi connectivity index (χ0) is 17.8. The number of anilines is 1. The van der Waals surface area contributed by atoms with Gasteiger partial charge in [0.1, 0.15) is 6.61 Å². The Labute approximate surface area is 151 Å². The Morgan fingerprint density at radius 3 is 2.76 bits per heavy atom. The second-order valence-electron chi connectivity index (χ2n) is 7.51. The van der Waals surface area contributed by atoms with Gasteiger partial charge in [-0.05, 0) is 44.7 Å². The Morgan fingerprint density at radius 1 is 1.24 bits per heavy atom. The maximum absolute atomic E-state index is 12.7. The summed E-state index contributed by atoms with van der Waals surface area (Å²) in [5.74, 6) is 0.0729. The molecule has 0 spiro atoms. The summed E-state index contributed by atoms with van der Waals surface area (Å²) in [5, 5.41) is 3.60. The molecular weight excluding hydrogens is 314 g/mol. The molecule has 5 heteroatoms. The highest BCUT2D eigenvalue weighted by molar-refractivity contribution is 5.77. The van der Waals surface area contributed by atoms with E-state index in [0.29, 0.717) is 24.7 Å². The highest BCUT2D eigenvalue weighted by Gasteiger charge is 2.36. The van der Waals surface area contributed by atoms with Gasteiger partial charge < -0.3 is 15.0 Å². The second kappa shape index (κ2) is 8.19. The molecule has 1 N–H and O–H groups in total. The normalized spacial score (nSPS) is 24.6. The van der Waals surface area contributed by atoms with Crippen LogP contribution in [0.4, 0.5) is 5.69 Å². The summed E-state index contributed by atoms with van der Waals surface area (Å²) < 4.78 is 5.13. The number of fused-ring (bicyclic) bond motifs is 3. The van der Waals surface area contributed by atoms with Gasteiger partial charge in [-0.15, -0.1) is 0 Å². The van der Waals surface area contributed by atoms with Crippen LogP contribution in [0.5, 0.6) is 0 Å². The van der Waals surface area contributed by atoms with Crippen LogP contribution in [0.15, 0.2) is 24.3 Å². The van der Waals surface area contributed by atoms with Crippen LogP contribution in [-0.2, 0) is 16.1 Å². The van der Waals surface area contributed by atoms with Crippen molar-refractivity contribution >= 4 is 11.6 Å². The molecule has 138 valence electrons. The van der Waals surface area contributed by atoms with E-state index in [0.717, 1.165) is 25.2 Å². The number of rotatable bonds is 3. The molecule has 2 aliphatic rings. The number of nitrogens with one attached hydrogen (secondary N) is 1. The van der Waals surface area contributed by atoms with Gasteiger partial charge in [0.25, 0.3) is 0 Å². The molecule has 1 aromatic carbocycles. The molecule has 0 aromatic heterocycles. The van der Waals surface area contributed by atoms with Crippen LogP contribution in [0.3, 0.4) is 0 Å². The van der Waals surface area contributed by atoms with Crippen molar-refractivity contribution in [3.63, 3.8) is 0 Å². The fraction of sp³-hybridized carbons (Fsp3) is 0.650. The van der Waals surface area contributed by atoms with Gasteiger partial charge in [-0.2, -0.15) is 0 Å². The van der Waals surface area contributed by atoms with Gasteiger partial charge in [-0.3, -0.25) is 9.69 Å². The number of hydrogen-bond acceptors (Lipinski definition) is 4. The topological polar surface area (TPSA) is 44.8 Å². The SMILES string of the molecule is COCC(=O)N1Cc2ccccc2NCC[C@H]2CC[C@@H](C1)N2C(C)C. The zero-order valence-electron chi connectivity index (χ0n) is 15.7. The minimum absolute atomic E-state index is 0.0729. The van der Waals surface area contributed by atoms with E-state index < -0.39 is 0 Å². The Bertz CT molecular complexity index is 590. The van der Waals surface area contributed by atoms with Crippen molar-refractivity contribution in [1.29, 1.82) is 0 Å². The maximum Gasteiger partial charge on any atom is 0.248 e. The first-order valence-corrected chi connectivity index (χ1v) is 9.46. The lowest BCUT2D eigenvalue weighted by atomic mass is 10.1. The molecule has 3 rings (SSSR count). The Hall–Kier alpha value is -1.59. The Balaban J connectivity index is 1.90. The Morgan fingerprint density at radius 2 is 2.00 bits per heavy atom. The van der Waals surface area contributed by atoms with Crippen LogP contribution in [0, 0.1) is 0 Å². The van der Waals surface area contributed by atoms with E-state index in [-0.39, 0.29) is 12.5 Å². The number of para-hydroxylation sites is 1. The summed E-state index contributed by atoms with van der Waals surface area (Å²) in [6.07, 6.45) is 3.54. The predicted octanol–water partition coefficient (Wildman–Crippen LogP) is 2.72. The second-order valence-corrected chi connectivity index (χ2v) is 7.51. The first-order chi connectivity index (χ1) is 12.1. The fourth-order valence-electron chi connectivity index (χ4n) is 4.44. The van der Waals surface area contributed by atoms with Gasteiger partial charge in [0, 0.05) is 50.6 Å². The molecule has 1 fully saturated rings. The number of benzene rings is 1. The fourth-order valence-corrected chi connectivity index (χ4v) is 4.44. The molecular formula is C20H31N3O2. The summed E-state index contributed by atoms with van der Waals surface area (Å²) in [4.78, 5) is 17.3. The van der Waals surface area contributed by atoms with E-state index in [2.05, 4.69) is 42.3 Å². The van der Waals surface area contributed by atoms with Gasteiger partial charge in [0.05, 0.1) is 0 Å². The summed E-state index contributed by atoms with van der Waals surface area (Å²) >= 11 is 0. The van der Waals surface area contributed by atoms with Crippen molar-refractivity contribution in [1.82, 2.24) is 9.80 Å². The Kier molecular flexibility index (Phi) is 5.97. The maximum atomic E-state index is 12.7. The van der Waals surface area contributed by atoms with Crippen molar-refractivity contribution in [2.24, 2.45) is 0 Å². The first-order valence-electron chi connectivity index (χ1n) is 9.46. The number of methoxy groups -OCH3 is 1. The van der Waals surface area contributed by atoms with Gasteiger partial charge >= 0.3 is 0 Å².